The fraction of sp³-hybridized carbons (Fsp3) is 0.357. The van der Waals surface area contributed by atoms with E-state index in [-0.39, 0.29) is 5.69 Å². The molecule has 0 unspecified atom stereocenters. The second-order valence-electron chi connectivity index (χ2n) is 4.39. The summed E-state index contributed by atoms with van der Waals surface area (Å²) in [6.45, 7) is 4.02. The van der Waals surface area contributed by atoms with Gasteiger partial charge in [-0.25, -0.2) is 9.48 Å². The van der Waals surface area contributed by atoms with Crippen molar-refractivity contribution in [1.29, 1.82) is 0 Å². The van der Waals surface area contributed by atoms with Gasteiger partial charge in [0.1, 0.15) is 11.4 Å². The van der Waals surface area contributed by atoms with E-state index in [0.717, 1.165) is 6.42 Å². The predicted octanol–water partition coefficient (Wildman–Crippen LogP) is 2.80. The highest BCUT2D eigenvalue weighted by Crippen LogP contribution is 2.27. The van der Waals surface area contributed by atoms with Crippen LogP contribution in [-0.2, 0) is 4.74 Å². The van der Waals surface area contributed by atoms with Crippen molar-refractivity contribution >= 4 is 17.6 Å². The number of aromatic nitrogens is 3. The summed E-state index contributed by atoms with van der Waals surface area (Å²) >= 11 is 6.01. The van der Waals surface area contributed by atoms with E-state index >= 15 is 0 Å². The Kier molecular flexibility index (Phi) is 4.80. The Balaban J connectivity index is 2.41. The molecule has 0 atom stereocenters. The van der Waals surface area contributed by atoms with E-state index in [4.69, 9.17) is 21.1 Å². The van der Waals surface area contributed by atoms with Crippen LogP contribution < -0.4 is 4.74 Å². The largest absolute Gasteiger partial charge is 0.494 e. The molecular weight excluding hydrogens is 294 g/mol. The number of ether oxygens (including phenoxy) is 2. The molecule has 0 radical (unpaired) electrons. The van der Waals surface area contributed by atoms with Crippen LogP contribution in [0.1, 0.15) is 29.5 Å². The second-order valence-corrected chi connectivity index (χ2v) is 4.82. The molecule has 7 heteroatoms. The van der Waals surface area contributed by atoms with Gasteiger partial charge in [-0.3, -0.25) is 0 Å². The number of halogens is 1. The number of hydrogen-bond acceptors (Lipinski definition) is 5. The van der Waals surface area contributed by atoms with Crippen LogP contribution in [0.4, 0.5) is 0 Å². The SMILES string of the molecule is CCCOC(=O)c1nnn(-c2cc(Cl)ccc2OC)c1C. The van der Waals surface area contributed by atoms with Gasteiger partial charge in [-0.05, 0) is 31.5 Å². The molecule has 0 aliphatic rings. The summed E-state index contributed by atoms with van der Waals surface area (Å²) in [5.74, 6) is 0.0995. The lowest BCUT2D eigenvalue weighted by Gasteiger charge is -2.09. The maximum absolute atomic E-state index is 11.9. The molecule has 1 aromatic heterocycles. The zero-order chi connectivity index (χ0) is 15.4. The number of nitrogens with zero attached hydrogens (tertiary/aromatic N) is 3. The van der Waals surface area contributed by atoms with Gasteiger partial charge in [0, 0.05) is 5.02 Å². The Hall–Kier alpha value is -2.08. The molecule has 1 heterocycles. The topological polar surface area (TPSA) is 66.2 Å². The summed E-state index contributed by atoms with van der Waals surface area (Å²) in [6.07, 6.45) is 0.751. The minimum absolute atomic E-state index is 0.186. The van der Waals surface area contributed by atoms with Crippen LogP contribution in [-0.4, -0.2) is 34.7 Å². The van der Waals surface area contributed by atoms with Crippen molar-refractivity contribution in [3.63, 3.8) is 0 Å². The maximum atomic E-state index is 11.9. The lowest BCUT2D eigenvalue weighted by Crippen LogP contribution is -2.09. The number of esters is 1. The Morgan fingerprint density at radius 1 is 1.43 bits per heavy atom. The summed E-state index contributed by atoms with van der Waals surface area (Å²) in [7, 11) is 1.55. The van der Waals surface area contributed by atoms with E-state index in [9.17, 15) is 4.79 Å². The first-order valence-corrected chi connectivity index (χ1v) is 6.89. The highest BCUT2D eigenvalue weighted by Gasteiger charge is 2.20. The molecule has 1 aromatic carbocycles. The number of rotatable bonds is 5. The Bertz CT molecular complexity index is 655. The number of hydrogen-bond donors (Lipinski definition) is 0. The molecular formula is C14H16ClN3O3. The first-order valence-electron chi connectivity index (χ1n) is 6.51. The van der Waals surface area contributed by atoms with E-state index in [1.165, 1.54) is 4.68 Å². The fourth-order valence-corrected chi connectivity index (χ4v) is 2.00. The highest BCUT2D eigenvalue weighted by atomic mass is 35.5. The average Bonchev–Trinajstić information content (AvgIpc) is 2.86. The third-order valence-electron chi connectivity index (χ3n) is 2.89. The third-order valence-corrected chi connectivity index (χ3v) is 3.13. The van der Waals surface area contributed by atoms with Gasteiger partial charge in [-0.15, -0.1) is 5.10 Å². The Morgan fingerprint density at radius 2 is 2.19 bits per heavy atom. The Morgan fingerprint density at radius 3 is 2.86 bits per heavy atom. The molecule has 6 nitrogen and oxygen atoms in total. The molecule has 0 spiro atoms. The summed E-state index contributed by atoms with van der Waals surface area (Å²) in [5.41, 5.74) is 1.37. The maximum Gasteiger partial charge on any atom is 0.360 e. The first-order chi connectivity index (χ1) is 10.1. The minimum Gasteiger partial charge on any atom is -0.494 e. The fourth-order valence-electron chi connectivity index (χ4n) is 1.84. The molecule has 2 rings (SSSR count). The normalized spacial score (nSPS) is 10.5. The molecule has 2 aromatic rings. The summed E-state index contributed by atoms with van der Waals surface area (Å²) in [4.78, 5) is 11.9. The monoisotopic (exact) mass is 309 g/mol. The van der Waals surface area contributed by atoms with Gasteiger partial charge in [-0.2, -0.15) is 0 Å². The number of carbonyl (C=O) groups excluding carboxylic acids is 1. The molecule has 21 heavy (non-hydrogen) atoms. The van der Waals surface area contributed by atoms with Gasteiger partial charge in [-0.1, -0.05) is 23.7 Å². The molecule has 0 N–H and O–H groups in total. The third kappa shape index (κ3) is 3.16. The van der Waals surface area contributed by atoms with E-state index in [2.05, 4.69) is 10.3 Å². The van der Waals surface area contributed by atoms with Gasteiger partial charge in [0.2, 0.25) is 0 Å². The predicted molar refractivity (Wildman–Crippen MR) is 78.2 cm³/mol. The van der Waals surface area contributed by atoms with Crippen molar-refractivity contribution < 1.29 is 14.3 Å². The zero-order valence-electron chi connectivity index (χ0n) is 12.1. The van der Waals surface area contributed by atoms with E-state index in [0.29, 0.717) is 28.8 Å². The van der Waals surface area contributed by atoms with Gasteiger partial charge in [0.25, 0.3) is 0 Å². The molecule has 0 saturated heterocycles. The van der Waals surface area contributed by atoms with Crippen molar-refractivity contribution in [2.75, 3.05) is 13.7 Å². The van der Waals surface area contributed by atoms with Crippen LogP contribution >= 0.6 is 11.6 Å². The molecule has 0 fully saturated rings. The average molecular weight is 310 g/mol. The van der Waals surface area contributed by atoms with Crippen LogP contribution in [0.5, 0.6) is 5.75 Å². The van der Waals surface area contributed by atoms with Crippen molar-refractivity contribution in [3.8, 4) is 11.4 Å². The molecule has 112 valence electrons. The standard InChI is InChI=1S/C14H16ClN3O3/c1-4-7-21-14(19)13-9(2)18(17-16-13)11-8-10(15)5-6-12(11)20-3/h5-6,8H,4,7H2,1-3H3. The van der Waals surface area contributed by atoms with E-state index < -0.39 is 5.97 Å². The van der Waals surface area contributed by atoms with Crippen LogP contribution in [0.3, 0.4) is 0 Å². The molecule has 0 aliphatic heterocycles. The summed E-state index contributed by atoms with van der Waals surface area (Å²) < 4.78 is 11.9. The minimum atomic E-state index is -0.485. The number of carbonyl (C=O) groups is 1. The summed E-state index contributed by atoms with van der Waals surface area (Å²) in [6, 6.07) is 5.14. The molecule has 0 aliphatic carbocycles. The van der Waals surface area contributed by atoms with Gasteiger partial charge < -0.3 is 9.47 Å². The van der Waals surface area contributed by atoms with Crippen molar-refractivity contribution in [2.24, 2.45) is 0 Å². The Labute approximate surface area is 127 Å². The lowest BCUT2D eigenvalue weighted by molar-refractivity contribution is 0.0497. The number of benzene rings is 1. The van der Waals surface area contributed by atoms with Crippen molar-refractivity contribution in [1.82, 2.24) is 15.0 Å². The van der Waals surface area contributed by atoms with Crippen molar-refractivity contribution in [3.05, 3.63) is 34.6 Å². The van der Waals surface area contributed by atoms with Crippen LogP contribution in [0.2, 0.25) is 5.02 Å². The molecule has 0 saturated carbocycles. The second kappa shape index (κ2) is 6.58. The molecule has 0 bridgehead atoms. The zero-order valence-corrected chi connectivity index (χ0v) is 12.8. The number of methoxy groups -OCH3 is 1. The smallest absolute Gasteiger partial charge is 0.360 e. The van der Waals surface area contributed by atoms with E-state index in [1.807, 2.05) is 6.92 Å². The van der Waals surface area contributed by atoms with Crippen molar-refractivity contribution in [2.45, 2.75) is 20.3 Å². The van der Waals surface area contributed by atoms with Crippen LogP contribution in [0.25, 0.3) is 5.69 Å². The summed E-state index contributed by atoms with van der Waals surface area (Å²) in [5, 5.41) is 8.42. The van der Waals surface area contributed by atoms with E-state index in [1.54, 1.807) is 32.2 Å². The van der Waals surface area contributed by atoms with Gasteiger partial charge >= 0.3 is 5.97 Å². The first kappa shape index (κ1) is 15.3. The quantitative estimate of drug-likeness (QED) is 0.795. The lowest BCUT2D eigenvalue weighted by atomic mass is 10.2. The van der Waals surface area contributed by atoms with Crippen LogP contribution in [0, 0.1) is 6.92 Å². The van der Waals surface area contributed by atoms with Gasteiger partial charge in [0.05, 0.1) is 19.4 Å². The van der Waals surface area contributed by atoms with Gasteiger partial charge in [0.15, 0.2) is 5.69 Å². The molecule has 0 amide bonds. The van der Waals surface area contributed by atoms with Crippen LogP contribution in [0.15, 0.2) is 18.2 Å². The highest BCUT2D eigenvalue weighted by molar-refractivity contribution is 6.30.